The number of amides is 1. The van der Waals surface area contributed by atoms with Gasteiger partial charge in [0.05, 0.1) is 22.1 Å². The molecule has 3 N–H and O–H groups in total. The van der Waals surface area contributed by atoms with Crippen molar-refractivity contribution < 1.29 is 13.2 Å². The molecular weight excluding hydrogens is 428 g/mol. The fourth-order valence-corrected chi connectivity index (χ4v) is 6.47. The maximum absolute atomic E-state index is 12.7. The maximum Gasteiger partial charge on any atom is 0.250 e. The quantitative estimate of drug-likeness (QED) is 0.634. The van der Waals surface area contributed by atoms with E-state index in [1.165, 1.54) is 0 Å². The Labute approximate surface area is 166 Å². The summed E-state index contributed by atoms with van der Waals surface area (Å²) in [4.78, 5) is 14.9. The Kier molecular flexibility index (Phi) is 4.60. The molecule has 7 heteroatoms. The van der Waals surface area contributed by atoms with Gasteiger partial charge in [0.15, 0.2) is 9.84 Å². The first-order valence-corrected chi connectivity index (χ1v) is 11.2. The van der Waals surface area contributed by atoms with Crippen LogP contribution in [0.5, 0.6) is 0 Å². The molecule has 1 amide bonds. The standard InChI is InChI=1S/C20H19BrN2O3S/c21-14-9-15-17(11-23-19(15)16(10-14)20(22)24)13-6-7-27(25,26)18(8-13)12-4-2-1-3-5-12/h1-5,9-11,13,18,23H,6-8H2,(H2,22,24). The van der Waals surface area contributed by atoms with Crippen molar-refractivity contribution in [3.8, 4) is 0 Å². The lowest BCUT2D eigenvalue weighted by Gasteiger charge is -2.29. The van der Waals surface area contributed by atoms with E-state index in [0.717, 1.165) is 21.0 Å². The van der Waals surface area contributed by atoms with Crippen molar-refractivity contribution in [2.75, 3.05) is 5.75 Å². The molecule has 1 aromatic heterocycles. The zero-order chi connectivity index (χ0) is 19.2. The van der Waals surface area contributed by atoms with Crippen LogP contribution in [-0.2, 0) is 9.84 Å². The van der Waals surface area contributed by atoms with Crippen LogP contribution in [0.4, 0.5) is 0 Å². The van der Waals surface area contributed by atoms with Gasteiger partial charge in [-0.2, -0.15) is 0 Å². The average Bonchev–Trinajstić information content (AvgIpc) is 3.05. The van der Waals surface area contributed by atoms with E-state index in [1.54, 1.807) is 6.07 Å². The van der Waals surface area contributed by atoms with E-state index in [1.807, 2.05) is 42.6 Å². The van der Waals surface area contributed by atoms with E-state index in [2.05, 4.69) is 20.9 Å². The number of hydrogen-bond acceptors (Lipinski definition) is 3. The highest BCUT2D eigenvalue weighted by Crippen LogP contribution is 2.43. The van der Waals surface area contributed by atoms with Gasteiger partial charge >= 0.3 is 0 Å². The lowest BCUT2D eigenvalue weighted by Crippen LogP contribution is -2.26. The summed E-state index contributed by atoms with van der Waals surface area (Å²) < 4.78 is 26.1. The number of H-pyrrole nitrogens is 1. The minimum Gasteiger partial charge on any atom is -0.366 e. The molecule has 1 aliphatic heterocycles. The number of benzene rings is 2. The number of halogens is 1. The largest absolute Gasteiger partial charge is 0.366 e. The van der Waals surface area contributed by atoms with Gasteiger partial charge in [-0.15, -0.1) is 0 Å². The zero-order valence-electron chi connectivity index (χ0n) is 14.5. The molecule has 2 aromatic carbocycles. The van der Waals surface area contributed by atoms with E-state index in [-0.39, 0.29) is 11.7 Å². The van der Waals surface area contributed by atoms with Crippen LogP contribution < -0.4 is 5.73 Å². The maximum atomic E-state index is 12.7. The van der Waals surface area contributed by atoms with E-state index in [4.69, 9.17) is 5.73 Å². The van der Waals surface area contributed by atoms with Crippen LogP contribution in [0.3, 0.4) is 0 Å². The Morgan fingerprint density at radius 2 is 1.93 bits per heavy atom. The van der Waals surface area contributed by atoms with Crippen molar-refractivity contribution in [2.24, 2.45) is 5.73 Å². The predicted molar refractivity (Wildman–Crippen MR) is 109 cm³/mol. The summed E-state index contributed by atoms with van der Waals surface area (Å²) in [5, 5.41) is 0.402. The number of primary amides is 1. The minimum absolute atomic E-state index is 0.0857. The molecule has 0 spiro atoms. The third-order valence-electron chi connectivity index (χ3n) is 5.35. The van der Waals surface area contributed by atoms with Gasteiger partial charge in [-0.25, -0.2) is 8.42 Å². The molecule has 3 aromatic rings. The monoisotopic (exact) mass is 446 g/mol. The predicted octanol–water partition coefficient (Wildman–Crippen LogP) is 4.06. The van der Waals surface area contributed by atoms with Gasteiger partial charge in [0.2, 0.25) is 0 Å². The highest BCUT2D eigenvalue weighted by atomic mass is 79.9. The smallest absolute Gasteiger partial charge is 0.250 e. The second-order valence-corrected chi connectivity index (χ2v) is 10.2. The van der Waals surface area contributed by atoms with Gasteiger partial charge in [0.1, 0.15) is 0 Å². The van der Waals surface area contributed by atoms with Crippen LogP contribution in [0, 0.1) is 0 Å². The highest BCUT2D eigenvalue weighted by molar-refractivity contribution is 9.10. The summed E-state index contributed by atoms with van der Waals surface area (Å²) in [6, 6.07) is 13.0. The minimum atomic E-state index is -3.18. The van der Waals surface area contributed by atoms with Gasteiger partial charge in [0.25, 0.3) is 5.91 Å². The number of carbonyl (C=O) groups excluding carboxylic acids is 1. The molecular formula is C20H19BrN2O3S. The average molecular weight is 447 g/mol. The lowest BCUT2D eigenvalue weighted by atomic mass is 9.89. The van der Waals surface area contributed by atoms with Crippen molar-refractivity contribution >= 4 is 42.6 Å². The van der Waals surface area contributed by atoms with Gasteiger partial charge < -0.3 is 10.7 Å². The molecule has 2 heterocycles. The molecule has 1 saturated heterocycles. The summed E-state index contributed by atoms with van der Waals surface area (Å²) in [5.74, 6) is -0.258. The Hall–Kier alpha value is -2.12. The summed E-state index contributed by atoms with van der Waals surface area (Å²) in [6.07, 6.45) is 2.98. The molecule has 0 bridgehead atoms. The molecule has 1 fully saturated rings. The number of rotatable bonds is 3. The van der Waals surface area contributed by atoms with Gasteiger partial charge in [0, 0.05) is 16.1 Å². The fourth-order valence-electron chi connectivity index (χ4n) is 4.02. The molecule has 1 aliphatic rings. The van der Waals surface area contributed by atoms with Crippen molar-refractivity contribution in [3.63, 3.8) is 0 Å². The van der Waals surface area contributed by atoms with Crippen molar-refractivity contribution in [3.05, 3.63) is 69.8 Å². The molecule has 4 rings (SSSR count). The Bertz CT molecular complexity index is 1120. The summed E-state index contributed by atoms with van der Waals surface area (Å²) in [5.41, 5.74) is 8.50. The molecule has 2 atom stereocenters. The number of fused-ring (bicyclic) bond motifs is 1. The normalized spacial score (nSPS) is 22.0. The summed E-state index contributed by atoms with van der Waals surface area (Å²) in [6.45, 7) is 0. The van der Waals surface area contributed by atoms with Crippen LogP contribution >= 0.6 is 15.9 Å². The summed E-state index contributed by atoms with van der Waals surface area (Å²) >= 11 is 3.44. The fraction of sp³-hybridized carbons (Fsp3) is 0.250. The summed E-state index contributed by atoms with van der Waals surface area (Å²) in [7, 11) is -3.18. The van der Waals surface area contributed by atoms with Crippen LogP contribution in [0.15, 0.2) is 53.1 Å². The molecule has 27 heavy (non-hydrogen) atoms. The van der Waals surface area contributed by atoms with E-state index < -0.39 is 21.0 Å². The molecule has 0 saturated carbocycles. The molecule has 5 nitrogen and oxygen atoms in total. The Morgan fingerprint density at radius 1 is 1.19 bits per heavy atom. The van der Waals surface area contributed by atoms with Gasteiger partial charge in [-0.05, 0) is 42.0 Å². The lowest BCUT2D eigenvalue weighted by molar-refractivity contribution is 0.100. The Morgan fingerprint density at radius 3 is 2.63 bits per heavy atom. The van der Waals surface area contributed by atoms with E-state index >= 15 is 0 Å². The highest BCUT2D eigenvalue weighted by Gasteiger charge is 2.36. The third kappa shape index (κ3) is 3.30. The first kappa shape index (κ1) is 18.3. The van der Waals surface area contributed by atoms with Crippen LogP contribution in [0.25, 0.3) is 10.9 Å². The van der Waals surface area contributed by atoms with Gasteiger partial charge in [-0.1, -0.05) is 46.3 Å². The number of nitrogens with two attached hydrogens (primary N) is 1. The van der Waals surface area contributed by atoms with E-state index in [0.29, 0.717) is 23.9 Å². The van der Waals surface area contributed by atoms with E-state index in [9.17, 15) is 13.2 Å². The third-order valence-corrected chi connectivity index (χ3v) is 7.94. The van der Waals surface area contributed by atoms with Crippen molar-refractivity contribution in [2.45, 2.75) is 24.0 Å². The number of aromatic amines is 1. The van der Waals surface area contributed by atoms with Crippen molar-refractivity contribution in [1.82, 2.24) is 4.98 Å². The first-order chi connectivity index (χ1) is 12.9. The Balaban J connectivity index is 1.77. The van der Waals surface area contributed by atoms with Gasteiger partial charge in [-0.3, -0.25) is 4.79 Å². The number of carbonyl (C=O) groups is 1. The molecule has 0 aliphatic carbocycles. The number of hydrogen-bond donors (Lipinski definition) is 2. The van der Waals surface area contributed by atoms with Crippen LogP contribution in [0.2, 0.25) is 0 Å². The first-order valence-electron chi connectivity index (χ1n) is 8.73. The van der Waals surface area contributed by atoms with Crippen LogP contribution in [0.1, 0.15) is 45.5 Å². The van der Waals surface area contributed by atoms with Crippen LogP contribution in [-0.4, -0.2) is 25.1 Å². The zero-order valence-corrected chi connectivity index (χ0v) is 16.9. The topological polar surface area (TPSA) is 93.0 Å². The number of aromatic nitrogens is 1. The second kappa shape index (κ2) is 6.80. The number of sulfone groups is 1. The number of nitrogens with one attached hydrogen (secondary N) is 1. The molecule has 140 valence electrons. The molecule has 2 unspecified atom stereocenters. The van der Waals surface area contributed by atoms with Crippen molar-refractivity contribution in [1.29, 1.82) is 0 Å². The SMILES string of the molecule is NC(=O)c1cc(Br)cc2c(C3CCS(=O)(=O)C(c4ccccc4)C3)c[nH]c12. The molecule has 0 radical (unpaired) electrons. The second-order valence-electron chi connectivity index (χ2n) is 6.97.